The second-order valence-electron chi connectivity index (χ2n) is 5.15. The number of aromatic nitrogens is 1. The van der Waals surface area contributed by atoms with E-state index >= 15 is 0 Å². The van der Waals surface area contributed by atoms with E-state index in [2.05, 4.69) is 32.0 Å². The molecule has 1 unspecified atom stereocenters. The summed E-state index contributed by atoms with van der Waals surface area (Å²) < 4.78 is 1.68. The van der Waals surface area contributed by atoms with E-state index in [4.69, 9.17) is 5.73 Å². The van der Waals surface area contributed by atoms with Crippen LogP contribution in [0.3, 0.4) is 0 Å². The van der Waals surface area contributed by atoms with E-state index < -0.39 is 0 Å². The van der Waals surface area contributed by atoms with Crippen molar-refractivity contribution in [2.24, 2.45) is 12.8 Å². The Morgan fingerprint density at radius 2 is 1.84 bits per heavy atom. The molecule has 0 aliphatic rings. The number of aryl methyl sites for hydroxylation is 2. The van der Waals surface area contributed by atoms with Gasteiger partial charge in [-0.15, -0.1) is 0 Å². The lowest BCUT2D eigenvalue weighted by atomic mass is 10.0. The van der Waals surface area contributed by atoms with Crippen LogP contribution in [0.2, 0.25) is 0 Å². The lowest BCUT2D eigenvalue weighted by Gasteiger charge is -2.14. The van der Waals surface area contributed by atoms with E-state index in [1.54, 1.807) is 11.6 Å². The highest BCUT2D eigenvalue weighted by molar-refractivity contribution is 5.64. The molecule has 1 aromatic carbocycles. The van der Waals surface area contributed by atoms with Crippen LogP contribution < -0.4 is 11.3 Å². The normalized spacial score (nSPS) is 12.5. The number of rotatable bonds is 2. The maximum absolute atomic E-state index is 12.3. The summed E-state index contributed by atoms with van der Waals surface area (Å²) in [7, 11) is 1.79. The van der Waals surface area contributed by atoms with Gasteiger partial charge in [0.25, 0.3) is 5.56 Å². The first-order chi connectivity index (χ1) is 8.91. The molecular weight excluding hydrogens is 236 g/mol. The van der Waals surface area contributed by atoms with Gasteiger partial charge in [0.15, 0.2) is 0 Å². The Hall–Kier alpha value is -1.87. The zero-order valence-electron chi connectivity index (χ0n) is 11.9. The quantitative estimate of drug-likeness (QED) is 0.898. The molecule has 0 spiro atoms. The van der Waals surface area contributed by atoms with E-state index in [1.807, 2.05) is 19.1 Å². The predicted molar refractivity (Wildman–Crippen MR) is 79.2 cm³/mol. The van der Waals surface area contributed by atoms with Crippen molar-refractivity contribution in [3.63, 3.8) is 0 Å². The Balaban J connectivity index is 2.64. The molecule has 0 fully saturated rings. The smallest absolute Gasteiger partial charge is 0.255 e. The van der Waals surface area contributed by atoms with E-state index in [0.717, 1.165) is 11.3 Å². The lowest BCUT2D eigenvalue weighted by molar-refractivity contribution is 0.760. The molecule has 2 N–H and O–H groups in total. The first-order valence-corrected chi connectivity index (χ1v) is 6.45. The molecule has 2 rings (SSSR count). The third-order valence-corrected chi connectivity index (χ3v) is 3.48. The zero-order chi connectivity index (χ0) is 14.2. The highest BCUT2D eigenvalue weighted by Gasteiger charge is 2.11. The molecule has 19 heavy (non-hydrogen) atoms. The fourth-order valence-electron chi connectivity index (χ4n) is 2.37. The minimum atomic E-state index is -0.244. The summed E-state index contributed by atoms with van der Waals surface area (Å²) in [6, 6.07) is 9.81. The lowest BCUT2D eigenvalue weighted by Crippen LogP contribution is -2.26. The molecule has 3 nitrogen and oxygen atoms in total. The van der Waals surface area contributed by atoms with Crippen molar-refractivity contribution in [2.75, 3.05) is 0 Å². The molecule has 100 valence electrons. The van der Waals surface area contributed by atoms with Crippen LogP contribution in [-0.2, 0) is 7.05 Å². The number of nitrogens with zero attached hydrogens (tertiary/aromatic N) is 1. The fraction of sp³-hybridized carbons (Fsp3) is 0.312. The Bertz CT molecular complexity index is 669. The molecule has 0 radical (unpaired) electrons. The number of nitrogens with two attached hydrogens (primary N) is 1. The highest BCUT2D eigenvalue weighted by atomic mass is 16.1. The number of hydrogen-bond donors (Lipinski definition) is 1. The average Bonchev–Trinajstić information content (AvgIpc) is 2.33. The number of pyridine rings is 1. The molecule has 0 bridgehead atoms. The molecule has 0 aliphatic carbocycles. The minimum absolute atomic E-state index is 0.0209. The molecule has 1 atom stereocenters. The van der Waals surface area contributed by atoms with Crippen LogP contribution in [0.4, 0.5) is 0 Å². The summed E-state index contributed by atoms with van der Waals surface area (Å²) in [5.41, 5.74) is 10.8. The maximum Gasteiger partial charge on any atom is 0.255 e. The largest absolute Gasteiger partial charge is 0.324 e. The summed E-state index contributed by atoms with van der Waals surface area (Å²) in [4.78, 5) is 12.3. The van der Waals surface area contributed by atoms with Gasteiger partial charge >= 0.3 is 0 Å². The SMILES string of the molecule is Cc1ccc(-c2ccc(C(C)N)c(=O)n2C)c(C)c1. The summed E-state index contributed by atoms with van der Waals surface area (Å²) in [5.74, 6) is 0. The Labute approximate surface area is 113 Å². The molecule has 1 aromatic heterocycles. The first-order valence-electron chi connectivity index (χ1n) is 6.45. The Morgan fingerprint density at radius 3 is 2.42 bits per heavy atom. The van der Waals surface area contributed by atoms with E-state index in [1.165, 1.54) is 11.1 Å². The molecule has 0 amide bonds. The predicted octanol–water partition coefficient (Wildman–Crippen LogP) is 2.69. The van der Waals surface area contributed by atoms with Crippen molar-refractivity contribution in [3.8, 4) is 11.3 Å². The minimum Gasteiger partial charge on any atom is -0.324 e. The van der Waals surface area contributed by atoms with Gasteiger partial charge in [0.05, 0.1) is 5.69 Å². The van der Waals surface area contributed by atoms with Gasteiger partial charge in [0, 0.05) is 24.2 Å². The van der Waals surface area contributed by atoms with Crippen molar-refractivity contribution in [1.82, 2.24) is 4.57 Å². The van der Waals surface area contributed by atoms with Crippen LogP contribution in [0, 0.1) is 13.8 Å². The van der Waals surface area contributed by atoms with Gasteiger partial charge in [-0.3, -0.25) is 4.79 Å². The maximum atomic E-state index is 12.3. The molecule has 0 aliphatic heterocycles. The molecule has 0 saturated heterocycles. The summed E-state index contributed by atoms with van der Waals surface area (Å²) in [5, 5.41) is 0. The van der Waals surface area contributed by atoms with E-state index in [9.17, 15) is 4.79 Å². The molecule has 0 saturated carbocycles. The van der Waals surface area contributed by atoms with Crippen LogP contribution >= 0.6 is 0 Å². The van der Waals surface area contributed by atoms with E-state index in [-0.39, 0.29) is 11.6 Å². The fourth-order valence-corrected chi connectivity index (χ4v) is 2.37. The monoisotopic (exact) mass is 256 g/mol. The second-order valence-corrected chi connectivity index (χ2v) is 5.15. The third kappa shape index (κ3) is 2.47. The van der Waals surface area contributed by atoms with Gasteiger partial charge in [0.1, 0.15) is 0 Å². The summed E-state index contributed by atoms with van der Waals surface area (Å²) in [6.07, 6.45) is 0. The third-order valence-electron chi connectivity index (χ3n) is 3.48. The van der Waals surface area contributed by atoms with Gasteiger partial charge in [-0.25, -0.2) is 0 Å². The first kappa shape index (κ1) is 13.6. The molecule has 3 heteroatoms. The summed E-state index contributed by atoms with van der Waals surface area (Å²) >= 11 is 0. The standard InChI is InChI=1S/C16H20N2O/c1-10-5-6-13(11(2)9-10)15-8-7-14(12(3)17)16(19)18(15)4/h5-9,12H,17H2,1-4H3. The molecule has 2 aromatic rings. The topological polar surface area (TPSA) is 48.0 Å². The van der Waals surface area contributed by atoms with Gasteiger partial charge in [-0.05, 0) is 38.5 Å². The van der Waals surface area contributed by atoms with Gasteiger partial charge in [0.2, 0.25) is 0 Å². The summed E-state index contributed by atoms with van der Waals surface area (Å²) in [6.45, 7) is 5.95. The van der Waals surface area contributed by atoms with Gasteiger partial charge in [-0.1, -0.05) is 23.8 Å². The van der Waals surface area contributed by atoms with Crippen LogP contribution in [0.1, 0.15) is 29.7 Å². The van der Waals surface area contributed by atoms with Crippen molar-refractivity contribution in [2.45, 2.75) is 26.8 Å². The number of benzene rings is 1. The Kier molecular flexibility index (Phi) is 3.58. The van der Waals surface area contributed by atoms with Gasteiger partial charge < -0.3 is 10.3 Å². The Morgan fingerprint density at radius 1 is 1.16 bits per heavy atom. The highest BCUT2D eigenvalue weighted by Crippen LogP contribution is 2.23. The second kappa shape index (κ2) is 5.02. The molecular formula is C16H20N2O. The van der Waals surface area contributed by atoms with Crippen LogP contribution in [0.5, 0.6) is 0 Å². The van der Waals surface area contributed by atoms with Crippen LogP contribution in [0.15, 0.2) is 35.1 Å². The van der Waals surface area contributed by atoms with Crippen molar-refractivity contribution < 1.29 is 0 Å². The van der Waals surface area contributed by atoms with Crippen LogP contribution in [0.25, 0.3) is 11.3 Å². The van der Waals surface area contributed by atoms with Crippen molar-refractivity contribution >= 4 is 0 Å². The molecule has 1 heterocycles. The zero-order valence-corrected chi connectivity index (χ0v) is 11.9. The van der Waals surface area contributed by atoms with Gasteiger partial charge in [-0.2, -0.15) is 0 Å². The number of hydrogen-bond acceptors (Lipinski definition) is 2. The van der Waals surface area contributed by atoms with Crippen LogP contribution in [-0.4, -0.2) is 4.57 Å². The van der Waals surface area contributed by atoms with Crippen molar-refractivity contribution in [1.29, 1.82) is 0 Å². The average molecular weight is 256 g/mol. The van der Waals surface area contributed by atoms with E-state index in [0.29, 0.717) is 5.56 Å². The van der Waals surface area contributed by atoms with Crippen molar-refractivity contribution in [3.05, 3.63) is 57.4 Å².